The molecule has 0 aliphatic rings. The van der Waals surface area contributed by atoms with Crippen LogP contribution in [0.25, 0.3) is 11.3 Å². The summed E-state index contributed by atoms with van der Waals surface area (Å²) in [6.07, 6.45) is 1.89. The molecule has 0 saturated carbocycles. The van der Waals surface area contributed by atoms with Gasteiger partial charge in [0.2, 0.25) is 0 Å². The zero-order valence-electron chi connectivity index (χ0n) is 12.0. The number of imidazole rings is 1. The van der Waals surface area contributed by atoms with Crippen molar-refractivity contribution in [3.8, 4) is 11.3 Å². The number of nitrogens with one attached hydrogen (secondary N) is 1. The predicted molar refractivity (Wildman–Crippen MR) is 79.8 cm³/mol. The number of hydrogen-bond acceptors (Lipinski definition) is 2. The molecule has 3 heteroatoms. The lowest BCUT2D eigenvalue weighted by molar-refractivity contribution is 0.495. The molecule has 1 unspecified atom stereocenters. The van der Waals surface area contributed by atoms with Gasteiger partial charge in [0.25, 0.3) is 0 Å². The molecular weight excluding hydrogens is 234 g/mol. The van der Waals surface area contributed by atoms with E-state index in [1.54, 1.807) is 0 Å². The first kappa shape index (κ1) is 13.8. The van der Waals surface area contributed by atoms with E-state index in [1.807, 2.05) is 18.2 Å². The van der Waals surface area contributed by atoms with Gasteiger partial charge in [-0.25, -0.2) is 4.98 Å². The monoisotopic (exact) mass is 257 g/mol. The molecule has 0 fully saturated rings. The summed E-state index contributed by atoms with van der Waals surface area (Å²) in [7, 11) is 0. The number of nitrogens with zero attached hydrogens (tertiary/aromatic N) is 1. The summed E-state index contributed by atoms with van der Waals surface area (Å²) in [4.78, 5) is 8.12. The molecule has 0 saturated heterocycles. The van der Waals surface area contributed by atoms with E-state index in [-0.39, 0.29) is 6.04 Å². The Morgan fingerprint density at radius 2 is 1.89 bits per heavy atom. The van der Waals surface area contributed by atoms with Crippen molar-refractivity contribution in [1.82, 2.24) is 9.97 Å². The number of H-pyrrole nitrogens is 1. The Labute approximate surface area is 115 Å². The summed E-state index contributed by atoms with van der Waals surface area (Å²) in [6.45, 7) is 6.50. The van der Waals surface area contributed by atoms with E-state index < -0.39 is 0 Å². The highest BCUT2D eigenvalue weighted by molar-refractivity contribution is 5.62. The maximum absolute atomic E-state index is 6.22. The largest absolute Gasteiger partial charge is 0.344 e. The molecule has 0 spiro atoms. The number of aromatic nitrogens is 2. The van der Waals surface area contributed by atoms with E-state index >= 15 is 0 Å². The second-order valence-corrected chi connectivity index (χ2v) is 5.40. The van der Waals surface area contributed by atoms with Gasteiger partial charge in [-0.05, 0) is 18.8 Å². The fraction of sp³-hybridized carbons (Fsp3) is 0.438. The van der Waals surface area contributed by atoms with Crippen molar-refractivity contribution >= 4 is 0 Å². The van der Waals surface area contributed by atoms with Crippen molar-refractivity contribution < 1.29 is 0 Å². The van der Waals surface area contributed by atoms with Crippen molar-refractivity contribution in [2.24, 2.45) is 11.7 Å². The number of rotatable bonds is 5. The van der Waals surface area contributed by atoms with Crippen LogP contribution in [0.3, 0.4) is 0 Å². The number of aromatic amines is 1. The highest BCUT2D eigenvalue weighted by atomic mass is 15.0. The molecule has 3 nitrogen and oxygen atoms in total. The van der Waals surface area contributed by atoms with Crippen molar-refractivity contribution in [1.29, 1.82) is 0 Å². The third-order valence-electron chi connectivity index (χ3n) is 3.27. The quantitative estimate of drug-likeness (QED) is 0.858. The maximum atomic E-state index is 6.22. The van der Waals surface area contributed by atoms with Crippen molar-refractivity contribution in [3.05, 3.63) is 41.9 Å². The van der Waals surface area contributed by atoms with Crippen LogP contribution in [0.2, 0.25) is 0 Å². The number of benzene rings is 1. The van der Waals surface area contributed by atoms with Crippen molar-refractivity contribution in [2.45, 2.75) is 39.7 Å². The summed E-state index contributed by atoms with van der Waals surface area (Å²) in [6, 6.07) is 10.3. The molecule has 19 heavy (non-hydrogen) atoms. The van der Waals surface area contributed by atoms with E-state index in [9.17, 15) is 0 Å². The maximum Gasteiger partial charge on any atom is 0.124 e. The molecule has 0 aliphatic heterocycles. The number of hydrogen-bond donors (Lipinski definition) is 2. The van der Waals surface area contributed by atoms with Gasteiger partial charge in [0, 0.05) is 11.3 Å². The Bertz CT molecular complexity index is 514. The standard InChI is InChI=1S/C16H23N3/c1-4-14-15(12-8-6-5-7-9-12)19-16(18-14)13(17)10-11(2)3/h5-9,11,13H,4,10,17H2,1-3H3,(H,18,19). The summed E-state index contributed by atoms with van der Waals surface area (Å²) >= 11 is 0. The minimum Gasteiger partial charge on any atom is -0.344 e. The Morgan fingerprint density at radius 1 is 1.21 bits per heavy atom. The number of nitrogens with two attached hydrogens (primary N) is 1. The first-order valence-electron chi connectivity index (χ1n) is 7.01. The second kappa shape index (κ2) is 6.02. The van der Waals surface area contributed by atoms with Crippen LogP contribution in [-0.2, 0) is 6.42 Å². The highest BCUT2D eigenvalue weighted by Gasteiger charge is 2.16. The van der Waals surface area contributed by atoms with Gasteiger partial charge >= 0.3 is 0 Å². The van der Waals surface area contributed by atoms with Gasteiger partial charge in [0.1, 0.15) is 5.82 Å². The normalized spacial score (nSPS) is 12.9. The minimum atomic E-state index is -0.0113. The molecule has 1 atom stereocenters. The predicted octanol–water partition coefficient (Wildman–Crippen LogP) is 3.69. The molecule has 0 radical (unpaired) electrons. The Balaban J connectivity index is 2.33. The summed E-state index contributed by atoms with van der Waals surface area (Å²) in [5.74, 6) is 1.48. The smallest absolute Gasteiger partial charge is 0.124 e. The van der Waals surface area contributed by atoms with E-state index in [0.717, 1.165) is 29.9 Å². The van der Waals surface area contributed by atoms with Crippen LogP contribution in [-0.4, -0.2) is 9.97 Å². The molecule has 2 aromatic rings. The first-order chi connectivity index (χ1) is 9.11. The lowest BCUT2D eigenvalue weighted by Gasteiger charge is -2.10. The number of aryl methyl sites for hydroxylation is 1. The van der Waals surface area contributed by atoms with E-state index in [0.29, 0.717) is 5.92 Å². The lowest BCUT2D eigenvalue weighted by atomic mass is 10.0. The molecule has 0 bridgehead atoms. The fourth-order valence-corrected chi connectivity index (χ4v) is 2.32. The van der Waals surface area contributed by atoms with Gasteiger partial charge in [-0.3, -0.25) is 0 Å². The molecule has 1 aromatic carbocycles. The molecule has 1 aromatic heterocycles. The molecule has 0 aliphatic carbocycles. The molecule has 1 heterocycles. The van der Waals surface area contributed by atoms with E-state index in [4.69, 9.17) is 10.7 Å². The highest BCUT2D eigenvalue weighted by Crippen LogP contribution is 2.25. The van der Waals surface area contributed by atoms with Gasteiger partial charge in [-0.2, -0.15) is 0 Å². The molecule has 102 valence electrons. The average Bonchev–Trinajstić information content (AvgIpc) is 2.83. The van der Waals surface area contributed by atoms with Crippen LogP contribution in [0.4, 0.5) is 0 Å². The van der Waals surface area contributed by atoms with Gasteiger partial charge in [-0.1, -0.05) is 51.1 Å². The van der Waals surface area contributed by atoms with Crippen LogP contribution in [0.5, 0.6) is 0 Å². The molecular formula is C16H23N3. The van der Waals surface area contributed by atoms with E-state index in [2.05, 4.69) is 37.9 Å². The topological polar surface area (TPSA) is 54.7 Å². The second-order valence-electron chi connectivity index (χ2n) is 5.40. The summed E-state index contributed by atoms with van der Waals surface area (Å²) in [5, 5.41) is 0. The molecule has 0 amide bonds. The zero-order chi connectivity index (χ0) is 13.8. The van der Waals surface area contributed by atoms with Crippen LogP contribution in [0, 0.1) is 5.92 Å². The van der Waals surface area contributed by atoms with Crippen molar-refractivity contribution in [2.75, 3.05) is 0 Å². The molecule has 3 N–H and O–H groups in total. The van der Waals surface area contributed by atoms with Crippen LogP contribution >= 0.6 is 0 Å². The van der Waals surface area contributed by atoms with Gasteiger partial charge in [0.05, 0.1) is 11.7 Å². The SMILES string of the molecule is CCc1[nH]c(C(N)CC(C)C)nc1-c1ccccc1. The fourth-order valence-electron chi connectivity index (χ4n) is 2.32. The minimum absolute atomic E-state index is 0.0113. The first-order valence-corrected chi connectivity index (χ1v) is 7.01. The Hall–Kier alpha value is -1.61. The van der Waals surface area contributed by atoms with E-state index in [1.165, 1.54) is 5.69 Å². The zero-order valence-corrected chi connectivity index (χ0v) is 12.0. The van der Waals surface area contributed by atoms with Crippen LogP contribution in [0.1, 0.15) is 44.8 Å². The summed E-state index contributed by atoms with van der Waals surface area (Å²) < 4.78 is 0. The van der Waals surface area contributed by atoms with Gasteiger partial charge in [0.15, 0.2) is 0 Å². The van der Waals surface area contributed by atoms with Gasteiger partial charge < -0.3 is 10.7 Å². The average molecular weight is 257 g/mol. The Kier molecular flexibility index (Phi) is 4.38. The van der Waals surface area contributed by atoms with Gasteiger partial charge in [-0.15, -0.1) is 0 Å². The van der Waals surface area contributed by atoms with Crippen LogP contribution in [0.15, 0.2) is 30.3 Å². The Morgan fingerprint density at radius 3 is 2.47 bits per heavy atom. The lowest BCUT2D eigenvalue weighted by Crippen LogP contribution is -2.14. The third kappa shape index (κ3) is 3.24. The van der Waals surface area contributed by atoms with Crippen molar-refractivity contribution in [3.63, 3.8) is 0 Å². The third-order valence-corrected chi connectivity index (χ3v) is 3.27. The summed E-state index contributed by atoms with van der Waals surface area (Å²) in [5.41, 5.74) is 9.57. The van der Waals surface area contributed by atoms with Crippen LogP contribution < -0.4 is 5.73 Å². The molecule has 2 rings (SSSR count).